The average Bonchev–Trinajstić information content (AvgIpc) is 2.81. The van der Waals surface area contributed by atoms with Crippen LogP contribution in [0.5, 0.6) is 0 Å². The molecule has 1 aliphatic heterocycles. The monoisotopic (exact) mass is 225 g/mol. The smallest absolute Gasteiger partial charge is 0.0471 e. The van der Waals surface area contributed by atoms with E-state index in [1.807, 2.05) is 11.3 Å². The Hall–Kier alpha value is -0.380. The summed E-state index contributed by atoms with van der Waals surface area (Å²) in [6, 6.07) is 4.83. The first kappa shape index (κ1) is 11.1. The van der Waals surface area contributed by atoms with Gasteiger partial charge in [0.2, 0.25) is 0 Å². The SMILES string of the molecule is CC(c1cccs1)N1CCCC(CO)C1. The maximum atomic E-state index is 9.20. The fourth-order valence-electron chi connectivity index (χ4n) is 2.31. The molecule has 2 nitrogen and oxygen atoms in total. The summed E-state index contributed by atoms with van der Waals surface area (Å²) < 4.78 is 0. The lowest BCUT2D eigenvalue weighted by molar-refractivity contribution is 0.0947. The van der Waals surface area contributed by atoms with Crippen LogP contribution >= 0.6 is 11.3 Å². The number of piperidine rings is 1. The molecule has 1 aromatic rings. The molecular formula is C12H19NOS. The number of aliphatic hydroxyl groups excluding tert-OH is 1. The van der Waals surface area contributed by atoms with E-state index in [1.54, 1.807) is 0 Å². The van der Waals surface area contributed by atoms with Gasteiger partial charge in [-0.25, -0.2) is 0 Å². The predicted molar refractivity (Wildman–Crippen MR) is 64.1 cm³/mol. The van der Waals surface area contributed by atoms with Gasteiger partial charge in [0.15, 0.2) is 0 Å². The van der Waals surface area contributed by atoms with Crippen LogP contribution in [0.25, 0.3) is 0 Å². The molecule has 1 aliphatic rings. The minimum absolute atomic E-state index is 0.341. The van der Waals surface area contributed by atoms with Crippen LogP contribution in [-0.4, -0.2) is 29.7 Å². The second kappa shape index (κ2) is 5.10. The van der Waals surface area contributed by atoms with Crippen molar-refractivity contribution in [2.24, 2.45) is 5.92 Å². The van der Waals surface area contributed by atoms with Gasteiger partial charge in [0.05, 0.1) is 0 Å². The summed E-state index contributed by atoms with van der Waals surface area (Å²) >= 11 is 1.83. The third-order valence-corrected chi connectivity index (χ3v) is 4.35. The van der Waals surface area contributed by atoms with Crippen LogP contribution < -0.4 is 0 Å². The van der Waals surface area contributed by atoms with E-state index in [2.05, 4.69) is 29.3 Å². The van der Waals surface area contributed by atoms with Crippen molar-refractivity contribution in [3.8, 4) is 0 Å². The third-order valence-electron chi connectivity index (χ3n) is 3.31. The summed E-state index contributed by atoms with van der Waals surface area (Å²) in [5.41, 5.74) is 0. The highest BCUT2D eigenvalue weighted by Gasteiger charge is 2.24. The van der Waals surface area contributed by atoms with Gasteiger partial charge >= 0.3 is 0 Å². The zero-order valence-electron chi connectivity index (χ0n) is 9.22. The molecule has 0 bridgehead atoms. The molecule has 15 heavy (non-hydrogen) atoms. The Morgan fingerprint density at radius 3 is 3.20 bits per heavy atom. The Bertz CT molecular complexity index is 286. The molecule has 0 aliphatic carbocycles. The van der Waals surface area contributed by atoms with Crippen molar-refractivity contribution in [3.05, 3.63) is 22.4 Å². The topological polar surface area (TPSA) is 23.5 Å². The Morgan fingerprint density at radius 2 is 2.53 bits per heavy atom. The highest BCUT2D eigenvalue weighted by molar-refractivity contribution is 7.10. The van der Waals surface area contributed by atoms with E-state index in [9.17, 15) is 5.11 Å². The summed E-state index contributed by atoms with van der Waals surface area (Å²) in [6.07, 6.45) is 2.41. The Morgan fingerprint density at radius 1 is 1.67 bits per heavy atom. The Labute approximate surface area is 95.5 Å². The van der Waals surface area contributed by atoms with Crippen LogP contribution in [0.4, 0.5) is 0 Å². The summed E-state index contributed by atoms with van der Waals surface area (Å²) in [4.78, 5) is 3.93. The second-order valence-electron chi connectivity index (χ2n) is 4.38. The van der Waals surface area contributed by atoms with E-state index < -0.39 is 0 Å². The minimum Gasteiger partial charge on any atom is -0.396 e. The van der Waals surface area contributed by atoms with Crippen LogP contribution in [0.15, 0.2) is 17.5 Å². The molecular weight excluding hydrogens is 206 g/mol. The van der Waals surface area contributed by atoms with Crippen molar-refractivity contribution in [1.82, 2.24) is 4.90 Å². The van der Waals surface area contributed by atoms with Crippen LogP contribution in [0, 0.1) is 5.92 Å². The van der Waals surface area contributed by atoms with E-state index >= 15 is 0 Å². The largest absolute Gasteiger partial charge is 0.396 e. The van der Waals surface area contributed by atoms with E-state index in [1.165, 1.54) is 24.3 Å². The van der Waals surface area contributed by atoms with E-state index in [0.717, 1.165) is 6.54 Å². The van der Waals surface area contributed by atoms with Crippen molar-refractivity contribution >= 4 is 11.3 Å². The van der Waals surface area contributed by atoms with Gasteiger partial charge in [0.1, 0.15) is 0 Å². The zero-order valence-corrected chi connectivity index (χ0v) is 10.0. The quantitative estimate of drug-likeness (QED) is 0.854. The van der Waals surface area contributed by atoms with Gasteiger partial charge in [-0.15, -0.1) is 11.3 Å². The fourth-order valence-corrected chi connectivity index (χ4v) is 3.12. The summed E-state index contributed by atoms with van der Waals surface area (Å²) in [7, 11) is 0. The molecule has 2 atom stereocenters. The number of thiophene rings is 1. The Balaban J connectivity index is 1.98. The van der Waals surface area contributed by atoms with Crippen LogP contribution in [0.1, 0.15) is 30.7 Å². The first-order valence-electron chi connectivity index (χ1n) is 5.69. The van der Waals surface area contributed by atoms with Crippen LogP contribution in [0.3, 0.4) is 0 Å². The van der Waals surface area contributed by atoms with E-state index in [0.29, 0.717) is 18.6 Å². The highest BCUT2D eigenvalue weighted by Crippen LogP contribution is 2.28. The molecule has 0 spiro atoms. The number of hydrogen-bond donors (Lipinski definition) is 1. The molecule has 0 aromatic carbocycles. The third kappa shape index (κ3) is 2.60. The van der Waals surface area contributed by atoms with Crippen LogP contribution in [0.2, 0.25) is 0 Å². The maximum Gasteiger partial charge on any atom is 0.0471 e. The molecule has 2 heterocycles. The number of rotatable bonds is 3. The van der Waals surface area contributed by atoms with Crippen molar-refractivity contribution in [1.29, 1.82) is 0 Å². The van der Waals surface area contributed by atoms with Gasteiger partial charge < -0.3 is 5.11 Å². The highest BCUT2D eigenvalue weighted by atomic mass is 32.1. The molecule has 0 saturated carbocycles. The molecule has 1 N–H and O–H groups in total. The standard InChI is InChI=1S/C12H19NOS/c1-10(12-5-3-7-15-12)13-6-2-4-11(8-13)9-14/h3,5,7,10-11,14H,2,4,6,8-9H2,1H3. The van der Waals surface area contributed by atoms with Gasteiger partial charge in [-0.1, -0.05) is 6.07 Å². The predicted octanol–water partition coefficient (Wildman–Crippen LogP) is 2.51. The molecule has 1 saturated heterocycles. The van der Waals surface area contributed by atoms with Gasteiger partial charge in [0, 0.05) is 24.1 Å². The fraction of sp³-hybridized carbons (Fsp3) is 0.667. The van der Waals surface area contributed by atoms with Gasteiger partial charge in [0.25, 0.3) is 0 Å². The molecule has 0 radical (unpaired) electrons. The van der Waals surface area contributed by atoms with Crippen molar-refractivity contribution in [3.63, 3.8) is 0 Å². The molecule has 0 amide bonds. The second-order valence-corrected chi connectivity index (χ2v) is 5.36. The summed E-state index contributed by atoms with van der Waals surface area (Å²) in [5, 5.41) is 11.3. The van der Waals surface area contributed by atoms with Gasteiger partial charge in [-0.05, 0) is 43.7 Å². The van der Waals surface area contributed by atoms with Gasteiger partial charge in [-0.2, -0.15) is 0 Å². The summed E-state index contributed by atoms with van der Waals surface area (Å²) in [5.74, 6) is 0.487. The number of aliphatic hydroxyl groups is 1. The van der Waals surface area contributed by atoms with E-state index in [4.69, 9.17) is 0 Å². The molecule has 2 unspecified atom stereocenters. The first-order chi connectivity index (χ1) is 7.31. The average molecular weight is 225 g/mol. The van der Waals surface area contributed by atoms with E-state index in [-0.39, 0.29) is 0 Å². The molecule has 84 valence electrons. The lowest BCUT2D eigenvalue weighted by Gasteiger charge is -2.35. The lowest BCUT2D eigenvalue weighted by atomic mass is 9.97. The number of hydrogen-bond acceptors (Lipinski definition) is 3. The maximum absolute atomic E-state index is 9.20. The summed E-state index contributed by atoms with van der Waals surface area (Å²) in [6.45, 7) is 4.84. The number of likely N-dealkylation sites (tertiary alicyclic amines) is 1. The van der Waals surface area contributed by atoms with Gasteiger partial charge in [-0.3, -0.25) is 4.90 Å². The Kier molecular flexibility index (Phi) is 3.78. The molecule has 3 heteroatoms. The van der Waals surface area contributed by atoms with Crippen molar-refractivity contribution in [2.75, 3.05) is 19.7 Å². The molecule has 1 aromatic heterocycles. The zero-order chi connectivity index (χ0) is 10.7. The van der Waals surface area contributed by atoms with Crippen molar-refractivity contribution < 1.29 is 5.11 Å². The first-order valence-corrected chi connectivity index (χ1v) is 6.57. The van der Waals surface area contributed by atoms with Crippen LogP contribution in [-0.2, 0) is 0 Å². The normalized spacial score (nSPS) is 25.3. The molecule has 2 rings (SSSR count). The van der Waals surface area contributed by atoms with Crippen molar-refractivity contribution in [2.45, 2.75) is 25.8 Å². The molecule has 1 fully saturated rings. The number of nitrogens with zero attached hydrogens (tertiary/aromatic N) is 1. The minimum atomic E-state index is 0.341. The lowest BCUT2D eigenvalue weighted by Crippen LogP contribution is -2.38.